The number of ether oxygens (including phenoxy) is 2. The van der Waals surface area contributed by atoms with Gasteiger partial charge in [0.05, 0.1) is 13.7 Å². The highest BCUT2D eigenvalue weighted by Gasteiger charge is 2.26. The average Bonchev–Trinajstić information content (AvgIpc) is 2.88. The summed E-state index contributed by atoms with van der Waals surface area (Å²) in [5.41, 5.74) is 1.90. The van der Waals surface area contributed by atoms with Crippen LogP contribution in [0.15, 0.2) is 48.5 Å². The van der Waals surface area contributed by atoms with Crippen LogP contribution in [0.2, 0.25) is 0 Å². The topological polar surface area (TPSA) is 105 Å². The van der Waals surface area contributed by atoms with Crippen molar-refractivity contribution in [3.05, 3.63) is 59.7 Å². The van der Waals surface area contributed by atoms with Crippen molar-refractivity contribution in [3.8, 4) is 11.5 Å². The molecule has 1 saturated heterocycles. The first-order chi connectivity index (χ1) is 17.4. The molecule has 194 valence electrons. The molecule has 3 rings (SSSR count). The molecule has 8 heteroatoms. The fraction of sp³-hybridized carbons (Fsp3) is 0.464. The molecule has 2 aromatic carbocycles. The zero-order chi connectivity index (χ0) is 25.9. The van der Waals surface area contributed by atoms with Gasteiger partial charge in [0.25, 0.3) is 0 Å². The summed E-state index contributed by atoms with van der Waals surface area (Å²) in [4.78, 5) is 38.8. The molecule has 0 saturated carbocycles. The molecule has 8 nitrogen and oxygen atoms in total. The lowest BCUT2D eigenvalue weighted by atomic mass is 9.92. The van der Waals surface area contributed by atoms with E-state index in [1.54, 1.807) is 31.4 Å². The number of rotatable bonds is 12. The summed E-state index contributed by atoms with van der Waals surface area (Å²) in [6, 6.07) is 14.0. The van der Waals surface area contributed by atoms with E-state index in [1.165, 1.54) is 0 Å². The minimum absolute atomic E-state index is 0.122. The third kappa shape index (κ3) is 8.29. The lowest BCUT2D eigenvalue weighted by Gasteiger charge is -2.32. The van der Waals surface area contributed by atoms with E-state index in [1.807, 2.05) is 36.1 Å². The Balaban J connectivity index is 1.40. The number of hydrogen-bond donors (Lipinski definition) is 2. The normalized spacial score (nSPS) is 14.7. The molecule has 1 heterocycles. The van der Waals surface area contributed by atoms with Crippen molar-refractivity contribution in [2.45, 2.75) is 51.5 Å². The van der Waals surface area contributed by atoms with Gasteiger partial charge in [-0.25, -0.2) is 4.79 Å². The SMILES string of the molecule is CCOc1ccc(CCC(=O)N2CCC(CC(=O)NC(Cc3ccc(OC)cc3)C(=O)O)CC2)cc1. The van der Waals surface area contributed by atoms with Crippen LogP contribution in [0.1, 0.15) is 43.7 Å². The highest BCUT2D eigenvalue weighted by Crippen LogP contribution is 2.22. The lowest BCUT2D eigenvalue weighted by molar-refractivity contribution is -0.142. The molecule has 1 fully saturated rings. The Morgan fingerprint density at radius 1 is 1.00 bits per heavy atom. The molecule has 2 amide bonds. The molecule has 0 aromatic heterocycles. The van der Waals surface area contributed by atoms with Crippen molar-refractivity contribution in [2.75, 3.05) is 26.8 Å². The molecule has 0 spiro atoms. The highest BCUT2D eigenvalue weighted by molar-refractivity contribution is 5.84. The van der Waals surface area contributed by atoms with E-state index in [9.17, 15) is 19.5 Å². The standard InChI is InChI=1S/C28H36N2O6/c1-3-36-24-11-4-20(5-12-24)8-13-27(32)30-16-14-22(15-17-30)19-26(31)29-25(28(33)34)18-21-6-9-23(35-2)10-7-21/h4-7,9-12,22,25H,3,8,13-19H2,1-2H3,(H,29,31)(H,33,34). The number of piperidine rings is 1. The lowest BCUT2D eigenvalue weighted by Crippen LogP contribution is -2.44. The summed E-state index contributed by atoms with van der Waals surface area (Å²) in [5.74, 6) is 0.445. The monoisotopic (exact) mass is 496 g/mol. The number of nitrogens with one attached hydrogen (secondary N) is 1. The number of carboxylic acids is 1. The van der Waals surface area contributed by atoms with Crippen molar-refractivity contribution >= 4 is 17.8 Å². The molecule has 2 aromatic rings. The second-order valence-corrected chi connectivity index (χ2v) is 9.12. The molecule has 1 aliphatic rings. The molecule has 0 bridgehead atoms. The average molecular weight is 497 g/mol. The molecular formula is C28H36N2O6. The minimum Gasteiger partial charge on any atom is -0.497 e. The maximum Gasteiger partial charge on any atom is 0.326 e. The Morgan fingerprint density at radius 3 is 2.19 bits per heavy atom. The quantitative estimate of drug-likeness (QED) is 0.466. The number of aryl methyl sites for hydroxylation is 1. The fourth-order valence-electron chi connectivity index (χ4n) is 4.43. The van der Waals surface area contributed by atoms with Crippen LogP contribution in [0.3, 0.4) is 0 Å². The first kappa shape index (κ1) is 27.0. The Bertz CT molecular complexity index is 998. The van der Waals surface area contributed by atoms with Gasteiger partial charge in [0.15, 0.2) is 0 Å². The second kappa shape index (κ2) is 13.5. The third-order valence-corrected chi connectivity index (χ3v) is 6.54. The van der Waals surface area contributed by atoms with E-state index < -0.39 is 12.0 Å². The van der Waals surface area contributed by atoms with E-state index in [0.29, 0.717) is 38.3 Å². The van der Waals surface area contributed by atoms with Crippen LogP contribution < -0.4 is 14.8 Å². The number of nitrogens with zero attached hydrogens (tertiary/aromatic N) is 1. The van der Waals surface area contributed by atoms with E-state index in [4.69, 9.17) is 9.47 Å². The number of amides is 2. The zero-order valence-electron chi connectivity index (χ0n) is 21.1. The van der Waals surface area contributed by atoms with Crippen LogP contribution in [-0.2, 0) is 27.2 Å². The first-order valence-electron chi connectivity index (χ1n) is 12.5. The molecule has 1 unspecified atom stereocenters. The number of aliphatic carboxylic acids is 1. The van der Waals surface area contributed by atoms with Gasteiger partial charge in [-0.15, -0.1) is 0 Å². The Hall–Kier alpha value is -3.55. The van der Waals surface area contributed by atoms with Crippen molar-refractivity contribution in [3.63, 3.8) is 0 Å². The number of carbonyl (C=O) groups excluding carboxylic acids is 2. The van der Waals surface area contributed by atoms with E-state index in [2.05, 4.69) is 5.32 Å². The van der Waals surface area contributed by atoms with Crippen molar-refractivity contribution in [1.82, 2.24) is 10.2 Å². The summed E-state index contributed by atoms with van der Waals surface area (Å²) < 4.78 is 10.6. The van der Waals surface area contributed by atoms with Crippen LogP contribution in [0.25, 0.3) is 0 Å². The molecular weight excluding hydrogens is 460 g/mol. The van der Waals surface area contributed by atoms with E-state index >= 15 is 0 Å². The van der Waals surface area contributed by atoms with Crippen molar-refractivity contribution < 1.29 is 29.0 Å². The van der Waals surface area contributed by atoms with Crippen LogP contribution >= 0.6 is 0 Å². The number of hydrogen-bond acceptors (Lipinski definition) is 5. The fourth-order valence-corrected chi connectivity index (χ4v) is 4.43. The predicted octanol–water partition coefficient (Wildman–Crippen LogP) is 3.47. The van der Waals surface area contributed by atoms with Crippen molar-refractivity contribution in [2.24, 2.45) is 5.92 Å². The van der Waals surface area contributed by atoms with Crippen LogP contribution in [0.4, 0.5) is 0 Å². The Kier molecular flexibility index (Phi) is 10.2. The van der Waals surface area contributed by atoms with Gasteiger partial charge in [-0.3, -0.25) is 9.59 Å². The summed E-state index contributed by atoms with van der Waals surface area (Å²) in [7, 11) is 1.57. The number of likely N-dealkylation sites (tertiary alicyclic amines) is 1. The number of carboxylic acid groups (broad SMARTS) is 1. The van der Waals surface area contributed by atoms with Crippen molar-refractivity contribution in [1.29, 1.82) is 0 Å². The highest BCUT2D eigenvalue weighted by atomic mass is 16.5. The maximum atomic E-state index is 12.7. The summed E-state index contributed by atoms with van der Waals surface area (Å²) in [6.45, 7) is 3.81. The van der Waals surface area contributed by atoms with Crippen LogP contribution in [-0.4, -0.2) is 60.6 Å². The van der Waals surface area contributed by atoms with Gasteiger partial charge in [-0.05, 0) is 67.5 Å². The van der Waals surface area contributed by atoms with Gasteiger partial charge in [-0.1, -0.05) is 24.3 Å². The third-order valence-electron chi connectivity index (χ3n) is 6.54. The van der Waals surface area contributed by atoms with Gasteiger partial charge in [-0.2, -0.15) is 0 Å². The number of benzene rings is 2. The largest absolute Gasteiger partial charge is 0.497 e. The van der Waals surface area contributed by atoms with Gasteiger partial charge >= 0.3 is 5.97 Å². The van der Waals surface area contributed by atoms with E-state index in [0.717, 1.165) is 29.7 Å². The molecule has 2 N–H and O–H groups in total. The van der Waals surface area contributed by atoms with Crippen LogP contribution in [0, 0.1) is 5.92 Å². The molecule has 1 aliphatic heterocycles. The number of carbonyl (C=O) groups is 3. The molecule has 1 atom stereocenters. The van der Waals surface area contributed by atoms with Gasteiger partial charge in [0.1, 0.15) is 17.5 Å². The Morgan fingerprint density at radius 2 is 1.61 bits per heavy atom. The zero-order valence-corrected chi connectivity index (χ0v) is 21.1. The molecule has 0 aliphatic carbocycles. The smallest absolute Gasteiger partial charge is 0.326 e. The summed E-state index contributed by atoms with van der Waals surface area (Å²) in [5, 5.41) is 12.2. The van der Waals surface area contributed by atoms with Gasteiger partial charge in [0, 0.05) is 32.4 Å². The predicted molar refractivity (Wildman–Crippen MR) is 136 cm³/mol. The van der Waals surface area contributed by atoms with Gasteiger partial charge in [0.2, 0.25) is 11.8 Å². The summed E-state index contributed by atoms with van der Waals surface area (Å²) in [6.07, 6.45) is 3.06. The molecule has 0 radical (unpaired) electrons. The maximum absolute atomic E-state index is 12.7. The van der Waals surface area contributed by atoms with Crippen LogP contribution in [0.5, 0.6) is 11.5 Å². The number of methoxy groups -OCH3 is 1. The second-order valence-electron chi connectivity index (χ2n) is 9.12. The van der Waals surface area contributed by atoms with Gasteiger partial charge < -0.3 is 24.8 Å². The Labute approximate surface area is 212 Å². The first-order valence-corrected chi connectivity index (χ1v) is 12.5. The minimum atomic E-state index is -1.06. The van der Waals surface area contributed by atoms with E-state index in [-0.39, 0.29) is 30.6 Å². The summed E-state index contributed by atoms with van der Waals surface area (Å²) >= 11 is 0. The molecule has 36 heavy (non-hydrogen) atoms.